The molecule has 1 N–H and O–H groups in total. The number of halogens is 1. The van der Waals surface area contributed by atoms with Gasteiger partial charge < -0.3 is 5.11 Å². The summed E-state index contributed by atoms with van der Waals surface area (Å²) in [5, 5.41) is 9.16. The Bertz CT molecular complexity index is 312. The van der Waals surface area contributed by atoms with Crippen molar-refractivity contribution >= 4 is 15.9 Å². The summed E-state index contributed by atoms with van der Waals surface area (Å²) in [6, 6.07) is 0. The third kappa shape index (κ3) is 2.18. The molecule has 0 saturated heterocycles. The van der Waals surface area contributed by atoms with Crippen molar-refractivity contribution in [2.75, 3.05) is 0 Å². The smallest absolute Gasteiger partial charge is 0.244 e. The van der Waals surface area contributed by atoms with Crippen LogP contribution in [0.5, 0.6) is 5.88 Å². The van der Waals surface area contributed by atoms with Crippen molar-refractivity contribution < 1.29 is 5.11 Å². The van der Waals surface area contributed by atoms with Crippen LogP contribution in [0.4, 0.5) is 0 Å². The van der Waals surface area contributed by atoms with Gasteiger partial charge >= 0.3 is 0 Å². The Kier molecular flexibility index (Phi) is 2.91. The molecule has 0 atom stereocenters. The summed E-state index contributed by atoms with van der Waals surface area (Å²) in [6.45, 7) is 6.30. The van der Waals surface area contributed by atoms with Crippen molar-refractivity contribution in [2.45, 2.75) is 32.6 Å². The van der Waals surface area contributed by atoms with E-state index in [1.165, 1.54) is 0 Å². The third-order valence-electron chi connectivity index (χ3n) is 2.29. The normalized spacial score (nSPS) is 11.7. The second-order valence-electron chi connectivity index (χ2n) is 3.61. The monoisotopic (exact) mass is 244 g/mol. The molecule has 4 heteroatoms. The molecule has 72 valence electrons. The minimum absolute atomic E-state index is 0.00319. The van der Waals surface area contributed by atoms with E-state index in [1.807, 2.05) is 0 Å². The second kappa shape index (κ2) is 3.62. The average Bonchev–Trinajstić information content (AvgIpc) is 2.09. The van der Waals surface area contributed by atoms with Gasteiger partial charge in [0.05, 0.1) is 11.9 Å². The fraction of sp³-hybridized carbons (Fsp3) is 0.556. The van der Waals surface area contributed by atoms with Gasteiger partial charge in [0, 0.05) is 5.41 Å². The first kappa shape index (κ1) is 10.4. The topological polar surface area (TPSA) is 46.0 Å². The molecule has 0 aliphatic carbocycles. The first-order valence-corrected chi connectivity index (χ1v) is 4.98. The standard InChI is InChI=1S/C9H13BrN2O/c1-4-9(2,3)6-5-11-8(13)7(10)12-6/h5H,4H2,1-3H3,(H,11,13). The van der Waals surface area contributed by atoms with Crippen molar-refractivity contribution in [3.8, 4) is 5.88 Å². The van der Waals surface area contributed by atoms with E-state index in [2.05, 4.69) is 46.7 Å². The largest absolute Gasteiger partial charge is 0.491 e. The van der Waals surface area contributed by atoms with Crippen LogP contribution < -0.4 is 0 Å². The van der Waals surface area contributed by atoms with Crippen LogP contribution in [-0.4, -0.2) is 15.1 Å². The van der Waals surface area contributed by atoms with Crippen molar-refractivity contribution in [1.29, 1.82) is 0 Å². The first-order valence-electron chi connectivity index (χ1n) is 4.19. The molecule has 0 aliphatic rings. The number of nitrogens with zero attached hydrogens (tertiary/aromatic N) is 2. The van der Waals surface area contributed by atoms with Crippen LogP contribution in [0.2, 0.25) is 0 Å². The highest BCUT2D eigenvalue weighted by atomic mass is 79.9. The van der Waals surface area contributed by atoms with Gasteiger partial charge in [-0.05, 0) is 22.4 Å². The highest BCUT2D eigenvalue weighted by Crippen LogP contribution is 2.27. The summed E-state index contributed by atoms with van der Waals surface area (Å²) in [7, 11) is 0. The average molecular weight is 245 g/mol. The summed E-state index contributed by atoms with van der Waals surface area (Å²) < 4.78 is 0.409. The summed E-state index contributed by atoms with van der Waals surface area (Å²) >= 11 is 3.14. The van der Waals surface area contributed by atoms with E-state index in [-0.39, 0.29) is 11.3 Å². The molecule has 1 rings (SSSR count). The zero-order valence-electron chi connectivity index (χ0n) is 8.00. The van der Waals surface area contributed by atoms with Gasteiger partial charge in [-0.1, -0.05) is 20.8 Å². The number of hydrogen-bond acceptors (Lipinski definition) is 3. The Morgan fingerprint density at radius 1 is 1.54 bits per heavy atom. The van der Waals surface area contributed by atoms with Crippen molar-refractivity contribution in [3.63, 3.8) is 0 Å². The Morgan fingerprint density at radius 3 is 2.62 bits per heavy atom. The maximum Gasteiger partial charge on any atom is 0.244 e. The highest BCUT2D eigenvalue weighted by molar-refractivity contribution is 9.10. The molecule has 3 nitrogen and oxygen atoms in total. The lowest BCUT2D eigenvalue weighted by atomic mass is 9.87. The fourth-order valence-electron chi connectivity index (χ4n) is 0.867. The van der Waals surface area contributed by atoms with Gasteiger partial charge in [-0.25, -0.2) is 9.97 Å². The van der Waals surface area contributed by atoms with Gasteiger partial charge in [-0.3, -0.25) is 0 Å². The molecule has 0 radical (unpaired) electrons. The maximum atomic E-state index is 9.16. The number of aromatic hydroxyl groups is 1. The molecule has 13 heavy (non-hydrogen) atoms. The Balaban J connectivity index is 3.10. The van der Waals surface area contributed by atoms with Crippen molar-refractivity contribution in [2.24, 2.45) is 0 Å². The Morgan fingerprint density at radius 2 is 2.15 bits per heavy atom. The van der Waals surface area contributed by atoms with Gasteiger partial charge in [0.2, 0.25) is 5.88 Å². The van der Waals surface area contributed by atoms with Crippen molar-refractivity contribution in [3.05, 3.63) is 16.5 Å². The van der Waals surface area contributed by atoms with Crippen LogP contribution in [0.25, 0.3) is 0 Å². The Labute approximate surface area is 86.4 Å². The maximum absolute atomic E-state index is 9.16. The van der Waals surface area contributed by atoms with Crippen LogP contribution >= 0.6 is 15.9 Å². The molecule has 0 spiro atoms. The van der Waals surface area contributed by atoms with Gasteiger partial charge in [-0.15, -0.1) is 0 Å². The molecular formula is C9H13BrN2O. The first-order chi connectivity index (χ1) is 5.97. The minimum Gasteiger partial charge on any atom is -0.491 e. The minimum atomic E-state index is -0.0596. The summed E-state index contributed by atoms with van der Waals surface area (Å²) in [4.78, 5) is 8.06. The predicted octanol–water partition coefficient (Wildman–Crippen LogP) is 2.63. The van der Waals surface area contributed by atoms with Gasteiger partial charge in [0.15, 0.2) is 4.60 Å². The summed E-state index contributed by atoms with van der Waals surface area (Å²) in [5.74, 6) is -0.0596. The van der Waals surface area contributed by atoms with E-state index >= 15 is 0 Å². The van der Waals surface area contributed by atoms with Crippen LogP contribution in [0.15, 0.2) is 10.8 Å². The van der Waals surface area contributed by atoms with Gasteiger partial charge in [0.1, 0.15) is 0 Å². The van der Waals surface area contributed by atoms with Crippen LogP contribution in [-0.2, 0) is 5.41 Å². The summed E-state index contributed by atoms with van der Waals surface area (Å²) in [6.07, 6.45) is 2.60. The second-order valence-corrected chi connectivity index (χ2v) is 4.36. The SMILES string of the molecule is CCC(C)(C)c1cnc(O)c(Br)n1. The van der Waals surface area contributed by atoms with Gasteiger partial charge in [-0.2, -0.15) is 0 Å². The lowest BCUT2D eigenvalue weighted by Crippen LogP contribution is -2.17. The van der Waals surface area contributed by atoms with Crippen molar-refractivity contribution in [1.82, 2.24) is 9.97 Å². The number of aromatic nitrogens is 2. The zero-order valence-corrected chi connectivity index (χ0v) is 9.59. The van der Waals surface area contributed by atoms with E-state index in [1.54, 1.807) is 6.20 Å². The van der Waals surface area contributed by atoms with E-state index in [0.717, 1.165) is 12.1 Å². The van der Waals surface area contributed by atoms with Gasteiger partial charge in [0.25, 0.3) is 0 Å². The molecule has 1 heterocycles. The molecule has 1 aromatic rings. The quantitative estimate of drug-likeness (QED) is 0.871. The number of rotatable bonds is 2. The molecule has 1 aromatic heterocycles. The molecular weight excluding hydrogens is 232 g/mol. The summed E-state index contributed by atoms with van der Waals surface area (Å²) in [5.41, 5.74) is 0.892. The molecule has 0 amide bonds. The molecule has 0 saturated carbocycles. The highest BCUT2D eigenvalue weighted by Gasteiger charge is 2.21. The van der Waals surface area contributed by atoms with Crippen LogP contribution in [0, 0.1) is 0 Å². The zero-order chi connectivity index (χ0) is 10.1. The van der Waals surface area contributed by atoms with E-state index in [9.17, 15) is 0 Å². The molecule has 0 bridgehead atoms. The molecule has 0 aliphatic heterocycles. The van der Waals surface area contributed by atoms with E-state index < -0.39 is 0 Å². The molecule has 0 unspecified atom stereocenters. The third-order valence-corrected chi connectivity index (χ3v) is 2.82. The lowest BCUT2D eigenvalue weighted by Gasteiger charge is -2.21. The lowest BCUT2D eigenvalue weighted by molar-refractivity contribution is 0.435. The van der Waals surface area contributed by atoms with Crippen LogP contribution in [0.1, 0.15) is 32.9 Å². The predicted molar refractivity (Wildman–Crippen MR) is 54.7 cm³/mol. The molecule has 0 fully saturated rings. The molecule has 0 aromatic carbocycles. The number of hydrogen-bond donors (Lipinski definition) is 1. The van der Waals surface area contributed by atoms with E-state index in [0.29, 0.717) is 4.60 Å². The Hall–Kier alpha value is -0.640. The van der Waals surface area contributed by atoms with Crippen LogP contribution in [0.3, 0.4) is 0 Å². The van der Waals surface area contributed by atoms with E-state index in [4.69, 9.17) is 5.11 Å². The fourth-order valence-corrected chi connectivity index (χ4v) is 1.16.